The van der Waals surface area contributed by atoms with Crippen LogP contribution in [0.4, 0.5) is 0 Å². The van der Waals surface area contributed by atoms with Gasteiger partial charge in [-0.15, -0.1) is 0 Å². The molecule has 394 valence electrons. The van der Waals surface area contributed by atoms with Gasteiger partial charge in [-0.1, -0.05) is 162 Å². The molecule has 0 aliphatic carbocycles. The van der Waals surface area contributed by atoms with Gasteiger partial charge in [-0.25, -0.2) is 0 Å². The Morgan fingerprint density at radius 1 is 0.536 bits per heavy atom. The molecule has 2 rings (SSSR count). The van der Waals surface area contributed by atoms with Gasteiger partial charge in [-0.3, -0.25) is 4.79 Å². The maximum atomic E-state index is 13.2. The zero-order valence-electron chi connectivity index (χ0n) is 41.8. The molecule has 2 aliphatic heterocycles. The molecule has 2 saturated heterocycles. The number of allylic oxidation sites excluding steroid dienone is 15. The van der Waals surface area contributed by atoms with Crippen LogP contribution >= 0.6 is 0 Å². The van der Waals surface area contributed by atoms with Crippen molar-refractivity contribution in [1.82, 2.24) is 5.32 Å². The van der Waals surface area contributed by atoms with Crippen molar-refractivity contribution < 1.29 is 64.6 Å². The van der Waals surface area contributed by atoms with Crippen LogP contribution in [0.1, 0.15) is 149 Å². The summed E-state index contributed by atoms with van der Waals surface area (Å²) in [4.78, 5) is 13.2. The van der Waals surface area contributed by atoms with Crippen molar-refractivity contribution in [2.75, 3.05) is 19.8 Å². The molecule has 0 spiro atoms. The Bertz CT molecular complexity index is 1520. The van der Waals surface area contributed by atoms with E-state index in [4.69, 9.17) is 18.9 Å². The number of hydrogen-bond donors (Lipinski definition) is 9. The van der Waals surface area contributed by atoms with E-state index in [1.165, 1.54) is 32.1 Å². The van der Waals surface area contributed by atoms with E-state index < -0.39 is 86.8 Å². The number of aliphatic hydroxyl groups excluding tert-OH is 8. The van der Waals surface area contributed by atoms with Gasteiger partial charge in [-0.05, 0) is 77.0 Å². The summed E-state index contributed by atoms with van der Waals surface area (Å²) < 4.78 is 22.6. The van der Waals surface area contributed by atoms with E-state index in [0.29, 0.717) is 6.42 Å². The fraction of sp³-hybridized carbons (Fsp3) is 0.691. The van der Waals surface area contributed by atoms with Crippen LogP contribution in [-0.4, -0.2) is 140 Å². The lowest BCUT2D eigenvalue weighted by Gasteiger charge is -2.46. The Kier molecular flexibility index (Phi) is 36.4. The first-order chi connectivity index (χ1) is 33.6. The summed E-state index contributed by atoms with van der Waals surface area (Å²) in [6, 6.07) is -0.937. The SMILES string of the molecule is CC/C=C\C/C=C\C/C=C\C/C=C\C/C=C\C/C=C\C/C=C\CCCCCC(=O)NC(COC1OC(CO)C(OC2OC(CO)C(O)C(O)C2O)C(O)C1O)C(O)/C=C/CCCCCCCCCC. The zero-order valence-corrected chi connectivity index (χ0v) is 41.8. The van der Waals surface area contributed by atoms with E-state index in [0.717, 1.165) is 89.9 Å². The summed E-state index contributed by atoms with van der Waals surface area (Å²) in [5, 5.41) is 86.6. The molecule has 0 saturated carbocycles. The second kappa shape index (κ2) is 40.5. The van der Waals surface area contributed by atoms with Crippen molar-refractivity contribution in [2.24, 2.45) is 0 Å². The Morgan fingerprint density at radius 2 is 1.00 bits per heavy atom. The smallest absolute Gasteiger partial charge is 0.220 e. The quantitative estimate of drug-likeness (QED) is 0.0222. The fourth-order valence-corrected chi connectivity index (χ4v) is 7.80. The highest BCUT2D eigenvalue weighted by Gasteiger charge is 2.51. The second-order valence-corrected chi connectivity index (χ2v) is 17.9. The van der Waals surface area contributed by atoms with E-state index in [1.54, 1.807) is 6.08 Å². The van der Waals surface area contributed by atoms with Gasteiger partial charge in [0.05, 0.1) is 32.0 Å². The van der Waals surface area contributed by atoms with Gasteiger partial charge in [0, 0.05) is 6.42 Å². The number of rotatable bonds is 38. The van der Waals surface area contributed by atoms with Gasteiger partial charge in [-0.2, -0.15) is 0 Å². The fourth-order valence-electron chi connectivity index (χ4n) is 7.80. The number of amides is 1. The molecule has 14 heteroatoms. The number of aliphatic hydroxyl groups is 8. The number of unbranched alkanes of at least 4 members (excludes halogenated alkanes) is 11. The summed E-state index contributed by atoms with van der Waals surface area (Å²) >= 11 is 0. The normalized spacial score (nSPS) is 27.0. The molecule has 12 unspecified atom stereocenters. The van der Waals surface area contributed by atoms with Gasteiger partial charge in [0.1, 0.15) is 48.8 Å². The molecular formula is C55H91NO13. The lowest BCUT2D eigenvalue weighted by molar-refractivity contribution is -0.359. The molecule has 2 aliphatic rings. The zero-order chi connectivity index (χ0) is 50.3. The first kappa shape index (κ1) is 62.0. The number of carbonyl (C=O) groups excluding carboxylic acids is 1. The highest BCUT2D eigenvalue weighted by atomic mass is 16.7. The van der Waals surface area contributed by atoms with Crippen molar-refractivity contribution in [2.45, 2.75) is 222 Å². The maximum absolute atomic E-state index is 13.2. The van der Waals surface area contributed by atoms with E-state index in [2.05, 4.69) is 104 Å². The van der Waals surface area contributed by atoms with Crippen molar-refractivity contribution in [3.05, 3.63) is 97.2 Å². The second-order valence-electron chi connectivity index (χ2n) is 17.9. The summed E-state index contributed by atoms with van der Waals surface area (Å²) in [6.07, 6.45) is 37.4. The highest BCUT2D eigenvalue weighted by molar-refractivity contribution is 5.76. The standard InChI is InChI=1S/C55H91NO13/c1-3-5-7-9-11-13-15-16-17-18-19-20-21-22-23-24-25-26-27-28-29-31-33-35-37-39-47(60)56-43(44(59)38-36-34-32-30-14-12-10-8-6-4-2)42-66-54-52(65)50(63)53(46(41-58)68-54)69-55-51(64)49(62)48(61)45(40-57)67-55/h5,7,11,13,16-17,19-20,22-23,25-26,28-29,36,38,43-46,48-55,57-59,61-65H,3-4,6,8-10,12,14-15,18,21,24,27,30-35,37,39-42H2,1-2H3,(H,56,60)/b7-5-,13-11-,17-16-,20-19-,23-22-,26-25-,29-28-,38-36+. The molecule has 0 aromatic heterocycles. The predicted molar refractivity (Wildman–Crippen MR) is 272 cm³/mol. The molecule has 2 heterocycles. The topological polar surface area (TPSA) is 228 Å². The van der Waals surface area contributed by atoms with Gasteiger partial charge in [0.25, 0.3) is 0 Å². The number of carbonyl (C=O) groups is 1. The van der Waals surface area contributed by atoms with Gasteiger partial charge < -0.3 is 65.1 Å². The Labute approximate surface area is 413 Å². The van der Waals surface area contributed by atoms with Crippen LogP contribution in [0.3, 0.4) is 0 Å². The Morgan fingerprint density at radius 3 is 1.54 bits per heavy atom. The summed E-state index contributed by atoms with van der Waals surface area (Å²) in [5.74, 6) is -0.279. The number of ether oxygens (including phenoxy) is 4. The van der Waals surface area contributed by atoms with E-state index in [1.807, 2.05) is 6.08 Å². The third-order valence-electron chi connectivity index (χ3n) is 12.0. The van der Waals surface area contributed by atoms with Crippen molar-refractivity contribution >= 4 is 5.91 Å². The molecular weight excluding hydrogens is 883 g/mol. The molecule has 2 fully saturated rings. The van der Waals surface area contributed by atoms with Crippen LogP contribution in [0, 0.1) is 0 Å². The Hall–Kier alpha value is -3.09. The number of nitrogens with one attached hydrogen (secondary N) is 1. The monoisotopic (exact) mass is 974 g/mol. The molecule has 0 radical (unpaired) electrons. The molecule has 0 aromatic carbocycles. The maximum Gasteiger partial charge on any atom is 0.220 e. The van der Waals surface area contributed by atoms with Gasteiger partial charge in [0.2, 0.25) is 5.91 Å². The average Bonchev–Trinajstić information content (AvgIpc) is 3.35. The minimum atomic E-state index is -1.80. The minimum absolute atomic E-state index is 0.234. The first-order valence-corrected chi connectivity index (χ1v) is 26.0. The Balaban J connectivity index is 1.80. The predicted octanol–water partition coefficient (Wildman–Crippen LogP) is 7.15. The van der Waals surface area contributed by atoms with Crippen molar-refractivity contribution in [3.8, 4) is 0 Å². The molecule has 12 atom stereocenters. The summed E-state index contributed by atoms with van der Waals surface area (Å²) in [5.41, 5.74) is 0. The lowest BCUT2D eigenvalue weighted by Crippen LogP contribution is -2.65. The van der Waals surface area contributed by atoms with E-state index >= 15 is 0 Å². The summed E-state index contributed by atoms with van der Waals surface area (Å²) in [6.45, 7) is 2.59. The number of hydrogen-bond acceptors (Lipinski definition) is 13. The van der Waals surface area contributed by atoms with Crippen LogP contribution in [0.15, 0.2) is 97.2 Å². The van der Waals surface area contributed by atoms with Crippen LogP contribution in [-0.2, 0) is 23.7 Å². The molecule has 14 nitrogen and oxygen atoms in total. The molecule has 0 bridgehead atoms. The minimum Gasteiger partial charge on any atom is -0.394 e. The third kappa shape index (κ3) is 27.4. The van der Waals surface area contributed by atoms with Crippen molar-refractivity contribution in [3.63, 3.8) is 0 Å². The highest BCUT2D eigenvalue weighted by Crippen LogP contribution is 2.30. The van der Waals surface area contributed by atoms with Crippen molar-refractivity contribution in [1.29, 1.82) is 0 Å². The van der Waals surface area contributed by atoms with Gasteiger partial charge in [0.15, 0.2) is 12.6 Å². The van der Waals surface area contributed by atoms with Gasteiger partial charge >= 0.3 is 0 Å². The van der Waals surface area contributed by atoms with Crippen LogP contribution in [0.25, 0.3) is 0 Å². The lowest BCUT2D eigenvalue weighted by atomic mass is 9.97. The average molecular weight is 974 g/mol. The van der Waals surface area contributed by atoms with Crippen LogP contribution in [0.5, 0.6) is 0 Å². The molecule has 69 heavy (non-hydrogen) atoms. The summed E-state index contributed by atoms with van der Waals surface area (Å²) in [7, 11) is 0. The molecule has 9 N–H and O–H groups in total. The largest absolute Gasteiger partial charge is 0.394 e. The van der Waals surface area contributed by atoms with Crippen LogP contribution < -0.4 is 5.32 Å². The molecule has 1 amide bonds. The molecule has 0 aromatic rings. The van der Waals surface area contributed by atoms with E-state index in [9.17, 15) is 45.6 Å². The first-order valence-electron chi connectivity index (χ1n) is 26.0. The third-order valence-corrected chi connectivity index (χ3v) is 12.0. The van der Waals surface area contributed by atoms with E-state index in [-0.39, 0.29) is 18.9 Å². The van der Waals surface area contributed by atoms with Crippen LogP contribution in [0.2, 0.25) is 0 Å².